The van der Waals surface area contributed by atoms with Crippen LogP contribution in [0, 0.1) is 0 Å². The lowest BCUT2D eigenvalue weighted by atomic mass is 10.2. The number of nitrogens with one attached hydrogen (secondary N) is 1. The van der Waals surface area contributed by atoms with Crippen molar-refractivity contribution in [1.82, 2.24) is 10.2 Å². The molecule has 1 heterocycles. The molecule has 0 unspecified atom stereocenters. The Morgan fingerprint density at radius 3 is 2.57 bits per heavy atom. The maximum Gasteiger partial charge on any atom is 0.227 e. The van der Waals surface area contributed by atoms with Crippen LogP contribution in [0.1, 0.15) is 25.3 Å². The van der Waals surface area contributed by atoms with Crippen LogP contribution in [0.25, 0.3) is 0 Å². The Morgan fingerprint density at radius 2 is 2.05 bits per heavy atom. The summed E-state index contributed by atoms with van der Waals surface area (Å²) in [6.45, 7) is 4.38. The van der Waals surface area contributed by atoms with Gasteiger partial charge < -0.3 is 15.1 Å². The lowest BCUT2D eigenvalue weighted by molar-refractivity contribution is -0.117. The maximum absolute atomic E-state index is 11.7. The number of hydrogen-bond acceptors (Lipinski definition) is 2. The average molecular weight is 288 g/mol. The van der Waals surface area contributed by atoms with Crippen molar-refractivity contribution in [2.45, 2.75) is 26.3 Å². The summed E-state index contributed by atoms with van der Waals surface area (Å²) in [6, 6.07) is 8.11. The summed E-state index contributed by atoms with van der Waals surface area (Å²) < 4.78 is 0. The molecule has 0 aliphatic carbocycles. The van der Waals surface area contributed by atoms with Crippen LogP contribution < -0.4 is 10.2 Å². The standard InChI is InChI=1S/C16H24N4O/c1-4-17-16(19(2)3)18-12-13-7-9-14(10-8-13)20-11-5-6-15(20)21/h7-10H,4-6,11-12H2,1-3H3,(H,17,18). The van der Waals surface area contributed by atoms with Gasteiger partial charge in [0.25, 0.3) is 0 Å². The number of guanidine groups is 1. The number of rotatable bonds is 4. The molecule has 1 N–H and O–H groups in total. The molecular formula is C16H24N4O. The van der Waals surface area contributed by atoms with E-state index in [2.05, 4.69) is 17.2 Å². The smallest absolute Gasteiger partial charge is 0.227 e. The van der Waals surface area contributed by atoms with E-state index in [0.717, 1.165) is 36.7 Å². The third-order valence-electron chi connectivity index (χ3n) is 3.49. The number of benzene rings is 1. The van der Waals surface area contributed by atoms with Crippen LogP contribution in [0.2, 0.25) is 0 Å². The molecule has 5 nitrogen and oxygen atoms in total. The fourth-order valence-electron chi connectivity index (χ4n) is 2.38. The van der Waals surface area contributed by atoms with Crippen molar-refractivity contribution >= 4 is 17.6 Å². The first-order valence-corrected chi connectivity index (χ1v) is 7.46. The van der Waals surface area contributed by atoms with Crippen LogP contribution in [0.5, 0.6) is 0 Å². The highest BCUT2D eigenvalue weighted by molar-refractivity contribution is 5.95. The van der Waals surface area contributed by atoms with Gasteiger partial charge in [-0.1, -0.05) is 12.1 Å². The molecule has 1 aromatic rings. The molecule has 0 bridgehead atoms. The zero-order valence-electron chi connectivity index (χ0n) is 13.1. The van der Waals surface area contributed by atoms with Crippen LogP contribution in [0.15, 0.2) is 29.3 Å². The van der Waals surface area contributed by atoms with Gasteiger partial charge in [-0.2, -0.15) is 0 Å². The normalized spacial score (nSPS) is 15.5. The first-order chi connectivity index (χ1) is 10.1. The third-order valence-corrected chi connectivity index (χ3v) is 3.49. The predicted octanol–water partition coefficient (Wildman–Crippen LogP) is 1.84. The van der Waals surface area contributed by atoms with Gasteiger partial charge in [-0.15, -0.1) is 0 Å². The van der Waals surface area contributed by atoms with E-state index in [1.165, 1.54) is 0 Å². The van der Waals surface area contributed by atoms with Crippen molar-refractivity contribution in [3.63, 3.8) is 0 Å². The molecule has 5 heteroatoms. The number of nitrogens with zero attached hydrogens (tertiary/aromatic N) is 3. The van der Waals surface area contributed by atoms with Gasteiger partial charge in [0.1, 0.15) is 0 Å². The van der Waals surface area contributed by atoms with Crippen molar-refractivity contribution in [1.29, 1.82) is 0 Å². The molecule has 1 fully saturated rings. The molecule has 0 saturated carbocycles. The second kappa shape index (κ2) is 7.11. The Labute approximate surface area is 126 Å². The summed E-state index contributed by atoms with van der Waals surface area (Å²) in [4.78, 5) is 20.1. The van der Waals surface area contributed by atoms with Gasteiger partial charge in [0.05, 0.1) is 6.54 Å². The van der Waals surface area contributed by atoms with Gasteiger partial charge in [0, 0.05) is 39.3 Å². The molecule has 21 heavy (non-hydrogen) atoms. The van der Waals surface area contributed by atoms with E-state index in [0.29, 0.717) is 13.0 Å². The monoisotopic (exact) mass is 288 g/mol. The minimum Gasteiger partial charge on any atom is -0.357 e. The third kappa shape index (κ3) is 3.97. The molecule has 0 radical (unpaired) electrons. The predicted molar refractivity (Wildman–Crippen MR) is 86.5 cm³/mol. The second-order valence-electron chi connectivity index (χ2n) is 5.38. The van der Waals surface area contributed by atoms with E-state index in [1.54, 1.807) is 0 Å². The first-order valence-electron chi connectivity index (χ1n) is 7.46. The first kappa shape index (κ1) is 15.4. The molecule has 0 aromatic heterocycles. The highest BCUT2D eigenvalue weighted by atomic mass is 16.2. The van der Waals surface area contributed by atoms with Gasteiger partial charge in [0.2, 0.25) is 5.91 Å². The zero-order valence-corrected chi connectivity index (χ0v) is 13.1. The summed E-state index contributed by atoms with van der Waals surface area (Å²) in [5.41, 5.74) is 2.13. The largest absolute Gasteiger partial charge is 0.357 e. The van der Waals surface area contributed by atoms with E-state index >= 15 is 0 Å². The highest BCUT2D eigenvalue weighted by Gasteiger charge is 2.21. The molecule has 1 aliphatic heterocycles. The Kier molecular flexibility index (Phi) is 5.20. The number of aliphatic imine (C=N–C) groups is 1. The highest BCUT2D eigenvalue weighted by Crippen LogP contribution is 2.21. The Hall–Kier alpha value is -2.04. The van der Waals surface area contributed by atoms with E-state index < -0.39 is 0 Å². The van der Waals surface area contributed by atoms with Crippen LogP contribution in [-0.4, -0.2) is 44.0 Å². The van der Waals surface area contributed by atoms with Crippen molar-refractivity contribution in [3.8, 4) is 0 Å². The lowest BCUT2D eigenvalue weighted by Crippen LogP contribution is -2.36. The van der Waals surface area contributed by atoms with Gasteiger partial charge in [-0.25, -0.2) is 4.99 Å². The topological polar surface area (TPSA) is 47.9 Å². The van der Waals surface area contributed by atoms with Gasteiger partial charge in [-0.3, -0.25) is 4.79 Å². The summed E-state index contributed by atoms with van der Waals surface area (Å²) in [5.74, 6) is 1.11. The number of anilines is 1. The van der Waals surface area contributed by atoms with Crippen molar-refractivity contribution < 1.29 is 4.79 Å². The average Bonchev–Trinajstić information content (AvgIpc) is 2.90. The van der Waals surface area contributed by atoms with Crippen LogP contribution in [0.3, 0.4) is 0 Å². The molecular weight excluding hydrogens is 264 g/mol. The molecule has 1 aromatic carbocycles. The fraction of sp³-hybridized carbons (Fsp3) is 0.500. The van der Waals surface area contributed by atoms with E-state index in [-0.39, 0.29) is 5.91 Å². The van der Waals surface area contributed by atoms with Crippen molar-refractivity contribution in [2.75, 3.05) is 32.1 Å². The Bertz CT molecular complexity index is 508. The lowest BCUT2D eigenvalue weighted by Gasteiger charge is -2.17. The van der Waals surface area contributed by atoms with Gasteiger partial charge in [-0.05, 0) is 31.0 Å². The number of hydrogen-bond donors (Lipinski definition) is 1. The Balaban J connectivity index is 2.02. The van der Waals surface area contributed by atoms with E-state index in [1.807, 2.05) is 48.2 Å². The number of carbonyl (C=O) groups is 1. The molecule has 1 amide bonds. The summed E-state index contributed by atoms with van der Waals surface area (Å²) in [6.07, 6.45) is 1.63. The molecule has 114 valence electrons. The van der Waals surface area contributed by atoms with Crippen LogP contribution >= 0.6 is 0 Å². The SMILES string of the molecule is CCNC(=NCc1ccc(N2CCCC2=O)cc1)N(C)C. The maximum atomic E-state index is 11.7. The summed E-state index contributed by atoms with van der Waals surface area (Å²) in [7, 11) is 3.95. The zero-order chi connectivity index (χ0) is 15.2. The number of carbonyl (C=O) groups excluding carboxylic acids is 1. The van der Waals surface area contributed by atoms with Crippen LogP contribution in [-0.2, 0) is 11.3 Å². The number of amides is 1. The fourth-order valence-corrected chi connectivity index (χ4v) is 2.38. The van der Waals surface area contributed by atoms with E-state index in [4.69, 9.17) is 0 Å². The molecule has 0 spiro atoms. The van der Waals surface area contributed by atoms with Gasteiger partial charge in [0.15, 0.2) is 5.96 Å². The molecule has 1 saturated heterocycles. The molecule has 1 aliphatic rings. The van der Waals surface area contributed by atoms with Crippen LogP contribution in [0.4, 0.5) is 5.69 Å². The second-order valence-corrected chi connectivity index (χ2v) is 5.38. The quantitative estimate of drug-likeness (QED) is 0.679. The van der Waals surface area contributed by atoms with Crippen molar-refractivity contribution in [2.24, 2.45) is 4.99 Å². The molecule has 0 atom stereocenters. The minimum atomic E-state index is 0.225. The summed E-state index contributed by atoms with van der Waals surface area (Å²) in [5, 5.41) is 3.24. The molecule has 2 rings (SSSR count). The Morgan fingerprint density at radius 1 is 1.33 bits per heavy atom. The minimum absolute atomic E-state index is 0.225. The summed E-state index contributed by atoms with van der Waals surface area (Å²) >= 11 is 0. The van der Waals surface area contributed by atoms with E-state index in [9.17, 15) is 4.79 Å². The van der Waals surface area contributed by atoms with Gasteiger partial charge >= 0.3 is 0 Å². The van der Waals surface area contributed by atoms with Crippen molar-refractivity contribution in [3.05, 3.63) is 29.8 Å².